The number of alkyl halides is 4. The zero-order valence-electron chi connectivity index (χ0n) is 22.4. The molecule has 0 fully saturated rings. The highest BCUT2D eigenvalue weighted by Crippen LogP contribution is 2.49. The molecule has 5 rings (SSSR count). The Morgan fingerprint density at radius 2 is 1.88 bits per heavy atom. The maximum Gasteiger partial charge on any atom is 0.416 e. The molecule has 0 saturated carbocycles. The maximum absolute atomic E-state index is 14.1. The van der Waals surface area contributed by atoms with Crippen LogP contribution in [0.3, 0.4) is 0 Å². The van der Waals surface area contributed by atoms with Crippen LogP contribution in [0.5, 0.6) is 0 Å². The van der Waals surface area contributed by atoms with Gasteiger partial charge < -0.3 is 26.0 Å². The van der Waals surface area contributed by atoms with Gasteiger partial charge in [-0.2, -0.15) is 13.2 Å². The first kappa shape index (κ1) is 23.9. The zero-order valence-corrected chi connectivity index (χ0v) is 20.9. The Bertz CT molecular complexity index is 1740. The van der Waals surface area contributed by atoms with E-state index in [4.69, 9.17) is 27.3 Å². The highest BCUT2D eigenvalue weighted by atomic mass is 35.5. The molecule has 4 N–H and O–H groups in total. The Labute approximate surface area is 235 Å². The van der Waals surface area contributed by atoms with E-state index in [1.807, 2.05) is 0 Å². The lowest BCUT2D eigenvalue weighted by Crippen LogP contribution is -2.41. The predicted molar refractivity (Wildman–Crippen MR) is 133 cm³/mol. The lowest BCUT2D eigenvalue weighted by molar-refractivity contribution is -0.137. The third-order valence-electron chi connectivity index (χ3n) is 6.23. The molecule has 0 radical (unpaired) electrons. The third kappa shape index (κ3) is 4.39. The first-order chi connectivity index (χ1) is 19.8. The van der Waals surface area contributed by atoms with E-state index in [-0.39, 0.29) is 27.8 Å². The Kier molecular flexibility index (Phi) is 5.57. The Morgan fingerprint density at radius 3 is 2.52 bits per heavy atom. The Morgan fingerprint density at radius 1 is 1.15 bits per heavy atom. The molecule has 8 nitrogen and oxygen atoms in total. The van der Waals surface area contributed by atoms with E-state index in [9.17, 15) is 41.4 Å². The second-order valence-corrected chi connectivity index (χ2v) is 9.56. The van der Waals surface area contributed by atoms with Gasteiger partial charge in [0.2, 0.25) is 0 Å². The standard InChI is InChI=1S/C25H15Cl2F5N4O4/c1-36-20(27)13-8-16(33-21(37)9-4-10(25(30,31)32)6-12(29)5-9)18-17(19(13)34-23(36)39)22(38)35-24(18,40)14-3-2-11(28)7-15(14)26/h2-8,20,40H,1H3,(H,33,37)(H,34,39)(H,35,38)/i1D3. The molecule has 2 unspecified atom stereocenters. The van der Waals surface area contributed by atoms with Crippen LogP contribution < -0.4 is 16.0 Å². The van der Waals surface area contributed by atoms with E-state index < -0.39 is 86.8 Å². The fraction of sp³-hybridized carbons (Fsp3) is 0.160. The summed E-state index contributed by atoms with van der Waals surface area (Å²) >= 11 is 12.5. The number of halogens is 7. The van der Waals surface area contributed by atoms with Gasteiger partial charge in [-0.3, -0.25) is 9.59 Å². The number of amides is 4. The molecule has 0 aromatic heterocycles. The van der Waals surface area contributed by atoms with Gasteiger partial charge in [0.05, 0.1) is 27.5 Å². The second kappa shape index (κ2) is 9.32. The average Bonchev–Trinajstić information content (AvgIpc) is 3.14. The van der Waals surface area contributed by atoms with E-state index in [0.717, 1.165) is 24.3 Å². The third-order valence-corrected chi connectivity index (χ3v) is 6.97. The van der Waals surface area contributed by atoms with Crippen molar-refractivity contribution in [3.05, 3.63) is 92.5 Å². The predicted octanol–water partition coefficient (Wildman–Crippen LogP) is 5.54. The normalized spacial score (nSPS) is 21.4. The number of urea groups is 1. The molecule has 0 aliphatic carbocycles. The van der Waals surface area contributed by atoms with E-state index in [2.05, 4.69) is 16.0 Å². The van der Waals surface area contributed by atoms with Crippen LogP contribution in [-0.4, -0.2) is 34.8 Å². The van der Waals surface area contributed by atoms with Crippen LogP contribution in [0.1, 0.15) is 52.6 Å². The molecule has 0 saturated heterocycles. The van der Waals surface area contributed by atoms with Gasteiger partial charge in [-0.25, -0.2) is 13.6 Å². The van der Waals surface area contributed by atoms with Crippen LogP contribution in [-0.2, 0) is 11.9 Å². The number of anilines is 2. The van der Waals surface area contributed by atoms with Crippen molar-refractivity contribution in [2.75, 3.05) is 17.6 Å². The summed E-state index contributed by atoms with van der Waals surface area (Å²) in [6, 6.07) is 3.40. The lowest BCUT2D eigenvalue weighted by Gasteiger charge is -2.33. The number of hydrogen-bond donors (Lipinski definition) is 4. The summed E-state index contributed by atoms with van der Waals surface area (Å²) in [5, 5.41) is 18.0. The summed E-state index contributed by atoms with van der Waals surface area (Å²) < 4.78 is 90.8. The van der Waals surface area contributed by atoms with E-state index >= 15 is 0 Å². The van der Waals surface area contributed by atoms with Crippen LogP contribution >= 0.6 is 23.2 Å². The van der Waals surface area contributed by atoms with Gasteiger partial charge in [-0.1, -0.05) is 23.2 Å². The number of nitrogens with one attached hydrogen (secondary N) is 3. The number of hydrogen-bond acceptors (Lipinski definition) is 4. The van der Waals surface area contributed by atoms with Crippen molar-refractivity contribution < 1.29 is 45.6 Å². The van der Waals surface area contributed by atoms with Crippen molar-refractivity contribution >= 4 is 52.4 Å². The molecule has 2 heterocycles. The number of nitrogens with zero attached hydrogens (tertiary/aromatic N) is 1. The van der Waals surface area contributed by atoms with Gasteiger partial charge in [0.25, 0.3) is 11.8 Å². The quantitative estimate of drug-likeness (QED) is 0.179. The van der Waals surface area contributed by atoms with E-state index in [1.165, 1.54) is 0 Å². The van der Waals surface area contributed by atoms with Gasteiger partial charge in [-0.15, -0.1) is 0 Å². The fourth-order valence-corrected chi connectivity index (χ4v) is 5.05. The average molecular weight is 604 g/mol. The second-order valence-electron chi connectivity index (χ2n) is 8.74. The van der Waals surface area contributed by atoms with Gasteiger partial charge in [0, 0.05) is 33.3 Å². The smallest absolute Gasteiger partial charge is 0.363 e. The van der Waals surface area contributed by atoms with Crippen LogP contribution in [0.15, 0.2) is 42.5 Å². The van der Waals surface area contributed by atoms with Crippen LogP contribution in [0.4, 0.5) is 38.1 Å². The van der Waals surface area contributed by atoms with Gasteiger partial charge in [0.1, 0.15) is 17.1 Å². The summed E-state index contributed by atoms with van der Waals surface area (Å²) in [6.45, 7) is -3.10. The monoisotopic (exact) mass is 603 g/mol. The number of aliphatic hydroxyl groups is 1. The van der Waals surface area contributed by atoms with Gasteiger partial charge in [0.15, 0.2) is 5.72 Å². The highest BCUT2D eigenvalue weighted by Gasteiger charge is 2.50. The molecule has 4 amide bonds. The number of rotatable bonds is 3. The molecule has 208 valence electrons. The summed E-state index contributed by atoms with van der Waals surface area (Å²) in [5.41, 5.74) is -9.28. The van der Waals surface area contributed by atoms with Crippen LogP contribution in [0.25, 0.3) is 0 Å². The Hall–Kier alpha value is -3.94. The molecule has 40 heavy (non-hydrogen) atoms. The van der Waals surface area contributed by atoms with E-state index in [1.54, 1.807) is 0 Å². The fourth-order valence-electron chi connectivity index (χ4n) is 4.49. The van der Waals surface area contributed by atoms with Crippen molar-refractivity contribution in [3.63, 3.8) is 0 Å². The summed E-state index contributed by atoms with van der Waals surface area (Å²) in [7, 11) is 0. The van der Waals surface area contributed by atoms with E-state index in [0.29, 0.717) is 12.1 Å². The molecule has 2 aliphatic rings. The maximum atomic E-state index is 14.1. The SMILES string of the molecule is [2H]C([2H])([2H])N1C(=O)Nc2c(cc(NC(=O)c3cc(F)cc(C(F)(F)F)c3)c3c2C(=O)NC3(O)c2ccc(F)cc2Cl)C1Cl. The number of benzene rings is 3. The minimum absolute atomic E-state index is 0.162. The Balaban J connectivity index is 1.75. The van der Waals surface area contributed by atoms with Crippen molar-refractivity contribution in [3.8, 4) is 0 Å². The summed E-state index contributed by atoms with van der Waals surface area (Å²) in [6.07, 6.45) is -5.02. The molecular formula is C25H15Cl2F5N4O4. The van der Waals surface area contributed by atoms with Crippen LogP contribution in [0.2, 0.25) is 5.02 Å². The largest absolute Gasteiger partial charge is 0.416 e. The first-order valence-corrected chi connectivity index (χ1v) is 11.8. The topological polar surface area (TPSA) is 111 Å². The van der Waals surface area contributed by atoms with Crippen molar-refractivity contribution in [2.45, 2.75) is 17.4 Å². The van der Waals surface area contributed by atoms with Crippen molar-refractivity contribution in [1.82, 2.24) is 10.2 Å². The minimum Gasteiger partial charge on any atom is -0.363 e. The molecule has 0 bridgehead atoms. The van der Waals surface area contributed by atoms with Gasteiger partial charge in [-0.05, 0) is 42.5 Å². The highest BCUT2D eigenvalue weighted by molar-refractivity contribution is 6.31. The molecule has 2 atom stereocenters. The minimum atomic E-state index is -5.02. The van der Waals surface area contributed by atoms with Crippen LogP contribution in [0, 0.1) is 11.6 Å². The van der Waals surface area contributed by atoms with Crippen molar-refractivity contribution in [1.29, 1.82) is 0 Å². The molecule has 3 aromatic rings. The van der Waals surface area contributed by atoms with Crippen molar-refractivity contribution in [2.24, 2.45) is 0 Å². The lowest BCUT2D eigenvalue weighted by atomic mass is 9.89. The molecule has 2 aliphatic heterocycles. The number of fused-ring (bicyclic) bond motifs is 3. The zero-order chi connectivity index (χ0) is 31.8. The molecule has 15 heteroatoms. The summed E-state index contributed by atoms with van der Waals surface area (Å²) in [5.74, 6) is -4.67. The first-order valence-electron chi connectivity index (χ1n) is 12.5. The molecule has 0 spiro atoms. The summed E-state index contributed by atoms with van der Waals surface area (Å²) in [4.78, 5) is 39.5. The molecule has 3 aromatic carbocycles. The number of carbonyl (C=O) groups excluding carboxylic acids is 3. The molecular weight excluding hydrogens is 586 g/mol. The van der Waals surface area contributed by atoms with Gasteiger partial charge >= 0.3 is 12.2 Å². The number of carbonyl (C=O) groups is 3.